The van der Waals surface area contributed by atoms with Gasteiger partial charge in [-0.15, -0.1) is 0 Å². The number of hydrogen-bond acceptors (Lipinski definition) is 2. The molecule has 1 amide bonds. The van der Waals surface area contributed by atoms with Crippen LogP contribution in [0.5, 0.6) is 0 Å². The minimum atomic E-state index is -2.48. The van der Waals surface area contributed by atoms with Crippen molar-refractivity contribution >= 4 is 5.91 Å². The van der Waals surface area contributed by atoms with Crippen molar-refractivity contribution in [2.75, 3.05) is 26.8 Å². The zero-order chi connectivity index (χ0) is 11.5. The Bertz CT molecular complexity index is 227. The second-order valence-electron chi connectivity index (χ2n) is 4.29. The zero-order valence-electron chi connectivity index (χ0n) is 9.13. The first-order valence-electron chi connectivity index (χ1n) is 5.07. The highest BCUT2D eigenvalue weighted by atomic mass is 19.3. The molecule has 1 aliphatic heterocycles. The Balaban J connectivity index is 2.57. The summed E-state index contributed by atoms with van der Waals surface area (Å²) >= 11 is 0. The molecule has 0 aromatic carbocycles. The maximum Gasteiger partial charge on any atom is 0.255 e. The molecule has 0 radical (unpaired) electrons. The van der Waals surface area contributed by atoms with Crippen molar-refractivity contribution in [3.63, 3.8) is 0 Å². The van der Waals surface area contributed by atoms with Gasteiger partial charge in [-0.3, -0.25) is 4.79 Å². The van der Waals surface area contributed by atoms with Crippen molar-refractivity contribution in [2.45, 2.75) is 26.2 Å². The predicted molar refractivity (Wildman–Crippen MR) is 51.8 cm³/mol. The number of carbonyl (C=O) groups excluding carboxylic acids is 1. The van der Waals surface area contributed by atoms with Crippen molar-refractivity contribution in [2.24, 2.45) is 5.41 Å². The minimum Gasteiger partial charge on any atom is -0.380 e. The molecule has 5 heteroatoms. The Labute approximate surface area is 88.4 Å². The van der Waals surface area contributed by atoms with E-state index in [0.29, 0.717) is 19.6 Å². The van der Waals surface area contributed by atoms with Crippen LogP contribution >= 0.6 is 0 Å². The van der Waals surface area contributed by atoms with Gasteiger partial charge in [-0.05, 0) is 19.8 Å². The van der Waals surface area contributed by atoms with Crippen molar-refractivity contribution in [1.29, 1.82) is 0 Å². The van der Waals surface area contributed by atoms with Gasteiger partial charge in [0.1, 0.15) is 0 Å². The van der Waals surface area contributed by atoms with E-state index >= 15 is 0 Å². The van der Waals surface area contributed by atoms with E-state index in [1.54, 1.807) is 6.92 Å². The van der Waals surface area contributed by atoms with Crippen molar-refractivity contribution in [3.8, 4) is 0 Å². The Hall–Kier alpha value is -0.710. The largest absolute Gasteiger partial charge is 0.380 e. The summed E-state index contributed by atoms with van der Waals surface area (Å²) < 4.78 is 29.5. The lowest BCUT2D eigenvalue weighted by molar-refractivity contribution is -0.149. The maximum absolute atomic E-state index is 12.1. The molecule has 0 N–H and O–H groups in total. The second kappa shape index (κ2) is 4.88. The van der Waals surface area contributed by atoms with Gasteiger partial charge in [0, 0.05) is 13.7 Å². The van der Waals surface area contributed by atoms with Gasteiger partial charge in [-0.1, -0.05) is 0 Å². The molecule has 1 heterocycles. The first kappa shape index (κ1) is 12.4. The highest BCUT2D eigenvalue weighted by Crippen LogP contribution is 2.29. The topological polar surface area (TPSA) is 29.5 Å². The van der Waals surface area contributed by atoms with Crippen LogP contribution in [0.25, 0.3) is 0 Å². The van der Waals surface area contributed by atoms with E-state index < -0.39 is 18.4 Å². The fourth-order valence-corrected chi connectivity index (χ4v) is 1.85. The van der Waals surface area contributed by atoms with E-state index in [1.807, 2.05) is 0 Å². The lowest BCUT2D eigenvalue weighted by Gasteiger charge is -2.35. The van der Waals surface area contributed by atoms with Gasteiger partial charge < -0.3 is 9.64 Å². The Morgan fingerprint density at radius 3 is 2.73 bits per heavy atom. The Kier molecular flexibility index (Phi) is 4.02. The van der Waals surface area contributed by atoms with Crippen LogP contribution in [0.3, 0.4) is 0 Å². The van der Waals surface area contributed by atoms with Crippen LogP contribution < -0.4 is 0 Å². The van der Waals surface area contributed by atoms with Crippen LogP contribution in [0, 0.1) is 5.41 Å². The number of nitrogens with zero attached hydrogens (tertiary/aromatic N) is 1. The number of hydrogen-bond donors (Lipinski definition) is 0. The summed E-state index contributed by atoms with van der Waals surface area (Å²) in [6, 6.07) is 0. The monoisotopic (exact) mass is 221 g/mol. The molecule has 3 nitrogen and oxygen atoms in total. The molecule has 1 rings (SSSR count). The van der Waals surface area contributed by atoms with Crippen LogP contribution in [-0.4, -0.2) is 44.0 Å². The van der Waals surface area contributed by atoms with Crippen molar-refractivity contribution in [1.82, 2.24) is 4.90 Å². The second-order valence-corrected chi connectivity index (χ2v) is 4.29. The summed E-state index contributed by atoms with van der Waals surface area (Å²) in [5, 5.41) is 0. The molecule has 0 aliphatic carbocycles. The first-order valence-corrected chi connectivity index (χ1v) is 5.07. The Morgan fingerprint density at radius 2 is 2.27 bits per heavy atom. The molecule has 1 aliphatic rings. The number of ether oxygens (including phenoxy) is 1. The summed E-state index contributed by atoms with van der Waals surface area (Å²) in [6.07, 6.45) is -0.962. The molecule has 1 atom stereocenters. The van der Waals surface area contributed by atoms with E-state index in [-0.39, 0.29) is 5.91 Å². The normalized spacial score (nSPS) is 26.7. The third-order valence-corrected chi connectivity index (χ3v) is 2.71. The third-order valence-electron chi connectivity index (χ3n) is 2.71. The van der Waals surface area contributed by atoms with Crippen LogP contribution in [0.1, 0.15) is 19.8 Å². The summed E-state index contributed by atoms with van der Waals surface area (Å²) in [4.78, 5) is 13.0. The number of amides is 1. The van der Waals surface area contributed by atoms with Gasteiger partial charge in [0.15, 0.2) is 0 Å². The van der Waals surface area contributed by atoms with Crippen LogP contribution in [-0.2, 0) is 9.53 Å². The molecule has 0 saturated carbocycles. The smallest absolute Gasteiger partial charge is 0.255 e. The molecule has 1 saturated heterocycles. The molecule has 0 unspecified atom stereocenters. The highest BCUT2D eigenvalue weighted by Gasteiger charge is 2.37. The quantitative estimate of drug-likeness (QED) is 0.723. The van der Waals surface area contributed by atoms with Crippen LogP contribution in [0.15, 0.2) is 0 Å². The van der Waals surface area contributed by atoms with E-state index in [9.17, 15) is 13.6 Å². The van der Waals surface area contributed by atoms with Crippen LogP contribution in [0.2, 0.25) is 0 Å². The fraction of sp³-hybridized carbons (Fsp3) is 0.900. The number of alkyl halides is 2. The number of halogens is 2. The highest BCUT2D eigenvalue weighted by molar-refractivity contribution is 5.82. The summed E-state index contributed by atoms with van der Waals surface area (Å²) in [7, 11) is 1.41. The standard InChI is InChI=1S/C10H17F2NO2/c1-10(4-3-5-15-7-10)9(14)13(2)6-8(11)12/h8H,3-7H2,1-2H3/t10-/m0/s1. The van der Waals surface area contributed by atoms with Gasteiger partial charge in [0.05, 0.1) is 18.6 Å². The van der Waals surface area contributed by atoms with Gasteiger partial charge in [0.25, 0.3) is 6.43 Å². The fourth-order valence-electron chi connectivity index (χ4n) is 1.85. The zero-order valence-corrected chi connectivity index (χ0v) is 9.13. The molecule has 0 bridgehead atoms. The average Bonchev–Trinajstić information content (AvgIpc) is 2.16. The SMILES string of the molecule is CN(CC(F)F)C(=O)[C@@]1(C)CCCOC1. The van der Waals surface area contributed by atoms with Gasteiger partial charge >= 0.3 is 0 Å². The molecule has 0 spiro atoms. The molecule has 88 valence electrons. The summed E-state index contributed by atoms with van der Waals surface area (Å²) in [5.41, 5.74) is -0.623. The first-order chi connectivity index (χ1) is 6.96. The molecular weight excluding hydrogens is 204 g/mol. The van der Waals surface area contributed by atoms with E-state index in [0.717, 1.165) is 11.3 Å². The maximum atomic E-state index is 12.1. The molecule has 0 aromatic heterocycles. The third kappa shape index (κ3) is 3.12. The van der Waals surface area contributed by atoms with Crippen molar-refractivity contribution < 1.29 is 18.3 Å². The Morgan fingerprint density at radius 1 is 1.60 bits per heavy atom. The van der Waals surface area contributed by atoms with E-state index in [2.05, 4.69) is 0 Å². The molecule has 15 heavy (non-hydrogen) atoms. The minimum absolute atomic E-state index is 0.248. The van der Waals surface area contributed by atoms with E-state index in [1.165, 1.54) is 7.05 Å². The van der Waals surface area contributed by atoms with Gasteiger partial charge in [-0.25, -0.2) is 8.78 Å². The van der Waals surface area contributed by atoms with Gasteiger partial charge in [0.2, 0.25) is 5.91 Å². The van der Waals surface area contributed by atoms with Crippen molar-refractivity contribution in [3.05, 3.63) is 0 Å². The molecular formula is C10H17F2NO2. The van der Waals surface area contributed by atoms with Gasteiger partial charge in [-0.2, -0.15) is 0 Å². The lowest BCUT2D eigenvalue weighted by atomic mass is 9.83. The lowest BCUT2D eigenvalue weighted by Crippen LogP contribution is -2.46. The number of rotatable bonds is 3. The average molecular weight is 221 g/mol. The number of carbonyl (C=O) groups is 1. The van der Waals surface area contributed by atoms with Crippen LogP contribution in [0.4, 0.5) is 8.78 Å². The predicted octanol–water partition coefficient (Wildman–Crippen LogP) is 1.53. The summed E-state index contributed by atoms with van der Waals surface area (Å²) in [6.45, 7) is 2.26. The van der Waals surface area contributed by atoms with E-state index in [4.69, 9.17) is 4.74 Å². The molecule has 0 aromatic rings. The molecule has 1 fully saturated rings. The summed E-state index contributed by atoms with van der Waals surface area (Å²) in [5.74, 6) is -0.248.